The number of benzene rings is 2. The lowest BCUT2D eigenvalue weighted by Crippen LogP contribution is -2.40. The molecule has 23 heavy (non-hydrogen) atoms. The molecule has 1 saturated carbocycles. The number of hydrogen-bond donors (Lipinski definition) is 2. The first-order chi connectivity index (χ1) is 11.2. The van der Waals surface area contributed by atoms with E-state index in [2.05, 4.69) is 5.32 Å². The number of para-hydroxylation sites is 2. The van der Waals surface area contributed by atoms with Crippen molar-refractivity contribution in [2.24, 2.45) is 5.73 Å². The van der Waals surface area contributed by atoms with Crippen LogP contribution in [-0.4, -0.2) is 18.0 Å². The molecule has 3 N–H and O–H groups in total. The van der Waals surface area contributed by atoms with Gasteiger partial charge in [-0.1, -0.05) is 30.3 Å². The Bertz CT molecular complexity index is 649. The Morgan fingerprint density at radius 1 is 0.957 bits per heavy atom. The van der Waals surface area contributed by atoms with Crippen molar-refractivity contribution in [2.75, 3.05) is 0 Å². The molecule has 1 aliphatic carbocycles. The van der Waals surface area contributed by atoms with E-state index in [1.54, 1.807) is 6.07 Å². The maximum atomic E-state index is 12.6. The molecule has 0 aliphatic heterocycles. The molecule has 0 atom stereocenters. The van der Waals surface area contributed by atoms with Crippen molar-refractivity contribution in [1.82, 2.24) is 5.32 Å². The fourth-order valence-electron chi connectivity index (χ4n) is 2.89. The first-order valence-electron chi connectivity index (χ1n) is 8.11. The van der Waals surface area contributed by atoms with Gasteiger partial charge in [-0.25, -0.2) is 0 Å². The summed E-state index contributed by atoms with van der Waals surface area (Å²) in [5, 5.41) is 3.11. The van der Waals surface area contributed by atoms with Gasteiger partial charge in [0.2, 0.25) is 0 Å². The van der Waals surface area contributed by atoms with Crippen molar-refractivity contribution in [2.45, 2.75) is 37.8 Å². The minimum absolute atomic E-state index is 0.0861. The Hall–Kier alpha value is -2.33. The van der Waals surface area contributed by atoms with E-state index < -0.39 is 0 Å². The average Bonchev–Trinajstić information content (AvgIpc) is 2.58. The summed E-state index contributed by atoms with van der Waals surface area (Å²) in [6.07, 6.45) is 3.81. The monoisotopic (exact) mass is 310 g/mol. The Kier molecular flexibility index (Phi) is 4.93. The molecule has 0 unspecified atom stereocenters. The van der Waals surface area contributed by atoms with Crippen molar-refractivity contribution in [3.05, 3.63) is 60.2 Å². The Morgan fingerprint density at radius 3 is 2.35 bits per heavy atom. The third-order valence-corrected chi connectivity index (χ3v) is 4.21. The van der Waals surface area contributed by atoms with Crippen LogP contribution in [0.15, 0.2) is 54.6 Å². The summed E-state index contributed by atoms with van der Waals surface area (Å²) in [5.74, 6) is 1.21. The predicted octanol–water partition coefficient (Wildman–Crippen LogP) is 3.48. The molecule has 3 rings (SSSR count). The highest BCUT2D eigenvalue weighted by Crippen LogP contribution is 2.25. The lowest BCUT2D eigenvalue weighted by molar-refractivity contribution is 0.0923. The fourth-order valence-corrected chi connectivity index (χ4v) is 2.89. The average molecular weight is 310 g/mol. The van der Waals surface area contributed by atoms with Crippen LogP contribution in [0.3, 0.4) is 0 Å². The van der Waals surface area contributed by atoms with E-state index in [0.29, 0.717) is 11.3 Å². The fraction of sp³-hybridized carbons (Fsp3) is 0.316. The maximum Gasteiger partial charge on any atom is 0.255 e. The maximum absolute atomic E-state index is 12.6. The topological polar surface area (TPSA) is 64.3 Å². The van der Waals surface area contributed by atoms with Crippen LogP contribution in [0.2, 0.25) is 0 Å². The van der Waals surface area contributed by atoms with Crippen LogP contribution in [0.4, 0.5) is 0 Å². The second-order valence-corrected chi connectivity index (χ2v) is 6.00. The highest BCUT2D eigenvalue weighted by atomic mass is 16.5. The van der Waals surface area contributed by atoms with Gasteiger partial charge in [0.1, 0.15) is 11.5 Å². The van der Waals surface area contributed by atoms with E-state index in [0.717, 1.165) is 31.4 Å². The van der Waals surface area contributed by atoms with Crippen molar-refractivity contribution < 1.29 is 9.53 Å². The number of carbonyl (C=O) groups is 1. The molecule has 0 radical (unpaired) electrons. The Balaban J connectivity index is 1.70. The zero-order valence-corrected chi connectivity index (χ0v) is 13.1. The van der Waals surface area contributed by atoms with E-state index in [9.17, 15) is 4.79 Å². The van der Waals surface area contributed by atoms with Gasteiger partial charge in [-0.3, -0.25) is 4.79 Å². The molecule has 2 aromatic carbocycles. The van der Waals surface area contributed by atoms with Crippen molar-refractivity contribution in [1.29, 1.82) is 0 Å². The van der Waals surface area contributed by atoms with Crippen LogP contribution in [-0.2, 0) is 0 Å². The van der Waals surface area contributed by atoms with Crippen LogP contribution < -0.4 is 15.8 Å². The van der Waals surface area contributed by atoms with Gasteiger partial charge >= 0.3 is 0 Å². The van der Waals surface area contributed by atoms with E-state index in [1.165, 1.54) is 0 Å². The van der Waals surface area contributed by atoms with Gasteiger partial charge in [-0.15, -0.1) is 0 Å². The zero-order chi connectivity index (χ0) is 16.1. The minimum Gasteiger partial charge on any atom is -0.457 e. The summed E-state index contributed by atoms with van der Waals surface area (Å²) >= 11 is 0. The second-order valence-electron chi connectivity index (χ2n) is 6.00. The van der Waals surface area contributed by atoms with E-state index in [1.807, 2.05) is 48.5 Å². The summed E-state index contributed by atoms with van der Waals surface area (Å²) in [5.41, 5.74) is 6.48. The van der Waals surface area contributed by atoms with Crippen LogP contribution in [0.5, 0.6) is 11.5 Å². The predicted molar refractivity (Wildman–Crippen MR) is 90.7 cm³/mol. The van der Waals surface area contributed by atoms with Gasteiger partial charge in [0.05, 0.1) is 5.56 Å². The quantitative estimate of drug-likeness (QED) is 0.908. The lowest BCUT2D eigenvalue weighted by Gasteiger charge is -2.27. The lowest BCUT2D eigenvalue weighted by atomic mass is 9.91. The molecule has 0 saturated heterocycles. The standard InChI is InChI=1S/C19H22N2O2/c20-14-10-12-15(13-11-14)21-19(22)17-8-4-5-9-18(17)23-16-6-2-1-3-7-16/h1-9,14-15H,10-13,20H2,(H,21,22). The molecule has 0 aromatic heterocycles. The van der Waals surface area contributed by atoms with Crippen molar-refractivity contribution in [3.8, 4) is 11.5 Å². The number of rotatable bonds is 4. The molecule has 0 bridgehead atoms. The summed E-state index contributed by atoms with van der Waals surface area (Å²) in [7, 11) is 0. The summed E-state index contributed by atoms with van der Waals surface area (Å²) in [4.78, 5) is 12.6. The number of hydrogen-bond acceptors (Lipinski definition) is 3. The smallest absolute Gasteiger partial charge is 0.255 e. The summed E-state index contributed by atoms with van der Waals surface area (Å²) < 4.78 is 5.86. The Labute approximate surface area is 136 Å². The number of amides is 1. The molecular weight excluding hydrogens is 288 g/mol. The van der Waals surface area contributed by atoms with Crippen LogP contribution in [0.1, 0.15) is 36.0 Å². The largest absolute Gasteiger partial charge is 0.457 e. The first kappa shape index (κ1) is 15.6. The van der Waals surface area contributed by atoms with Gasteiger partial charge in [0.15, 0.2) is 0 Å². The van der Waals surface area contributed by atoms with Crippen LogP contribution >= 0.6 is 0 Å². The highest BCUT2D eigenvalue weighted by molar-refractivity contribution is 5.97. The molecule has 0 heterocycles. The van der Waals surface area contributed by atoms with E-state index in [4.69, 9.17) is 10.5 Å². The zero-order valence-electron chi connectivity index (χ0n) is 13.1. The number of nitrogens with two attached hydrogens (primary N) is 1. The molecule has 120 valence electrons. The van der Waals surface area contributed by atoms with Gasteiger partial charge < -0.3 is 15.8 Å². The van der Waals surface area contributed by atoms with Crippen LogP contribution in [0.25, 0.3) is 0 Å². The molecular formula is C19H22N2O2. The third-order valence-electron chi connectivity index (χ3n) is 4.21. The van der Waals surface area contributed by atoms with Crippen LogP contribution in [0, 0.1) is 0 Å². The number of ether oxygens (including phenoxy) is 1. The molecule has 4 heteroatoms. The van der Waals surface area contributed by atoms with Crippen molar-refractivity contribution in [3.63, 3.8) is 0 Å². The molecule has 1 amide bonds. The van der Waals surface area contributed by atoms with Gasteiger partial charge in [0.25, 0.3) is 5.91 Å². The molecule has 4 nitrogen and oxygen atoms in total. The van der Waals surface area contributed by atoms with E-state index in [-0.39, 0.29) is 18.0 Å². The molecule has 0 spiro atoms. The van der Waals surface area contributed by atoms with E-state index >= 15 is 0 Å². The van der Waals surface area contributed by atoms with Gasteiger partial charge in [-0.2, -0.15) is 0 Å². The second kappa shape index (κ2) is 7.29. The first-order valence-corrected chi connectivity index (χ1v) is 8.11. The minimum atomic E-state index is -0.0861. The highest BCUT2D eigenvalue weighted by Gasteiger charge is 2.22. The Morgan fingerprint density at radius 2 is 1.61 bits per heavy atom. The number of nitrogens with one attached hydrogen (secondary N) is 1. The molecule has 2 aromatic rings. The molecule has 1 aliphatic rings. The van der Waals surface area contributed by atoms with Gasteiger partial charge in [-0.05, 0) is 49.9 Å². The number of carbonyl (C=O) groups excluding carboxylic acids is 1. The molecule has 1 fully saturated rings. The summed E-state index contributed by atoms with van der Waals surface area (Å²) in [6.45, 7) is 0. The summed E-state index contributed by atoms with van der Waals surface area (Å²) in [6, 6.07) is 17.3. The van der Waals surface area contributed by atoms with Gasteiger partial charge in [0, 0.05) is 12.1 Å². The SMILES string of the molecule is NC1CCC(NC(=O)c2ccccc2Oc2ccccc2)CC1. The van der Waals surface area contributed by atoms with Crippen molar-refractivity contribution >= 4 is 5.91 Å². The normalized spacial score (nSPS) is 20.7. The third kappa shape index (κ3) is 4.11.